The molecule has 1 heterocycles. The third-order valence-corrected chi connectivity index (χ3v) is 2.53. The van der Waals surface area contributed by atoms with Crippen LogP contribution >= 0.6 is 15.9 Å². The van der Waals surface area contributed by atoms with Crippen LogP contribution in [0, 0.1) is 0 Å². The van der Waals surface area contributed by atoms with E-state index < -0.39 is 0 Å². The normalized spacial score (nSPS) is 10.4. The Morgan fingerprint density at radius 2 is 2.25 bits per heavy atom. The minimum atomic E-state index is 0.226. The molecule has 2 rings (SSSR count). The van der Waals surface area contributed by atoms with Gasteiger partial charge in [0.15, 0.2) is 0 Å². The van der Waals surface area contributed by atoms with Crippen molar-refractivity contribution in [2.24, 2.45) is 5.73 Å². The maximum absolute atomic E-state index is 5.40. The van der Waals surface area contributed by atoms with E-state index in [1.165, 1.54) is 0 Å². The van der Waals surface area contributed by atoms with Crippen LogP contribution in [0.5, 0.6) is 5.75 Å². The van der Waals surface area contributed by atoms with Gasteiger partial charge in [-0.3, -0.25) is 0 Å². The second-order valence-corrected chi connectivity index (χ2v) is 3.97. The highest BCUT2D eigenvalue weighted by Crippen LogP contribution is 2.31. The third-order valence-electron chi connectivity index (χ3n) is 2.03. The van der Waals surface area contributed by atoms with E-state index in [0.717, 1.165) is 10.0 Å². The van der Waals surface area contributed by atoms with Crippen LogP contribution in [-0.2, 0) is 6.54 Å². The Kier molecular flexibility index (Phi) is 3.21. The minimum Gasteiger partial charge on any atom is -0.496 e. The van der Waals surface area contributed by atoms with Gasteiger partial charge in [0.05, 0.1) is 19.2 Å². The molecule has 0 aliphatic carbocycles. The predicted molar refractivity (Wildman–Crippen MR) is 61.9 cm³/mol. The summed E-state index contributed by atoms with van der Waals surface area (Å²) < 4.78 is 11.5. The van der Waals surface area contributed by atoms with Crippen molar-refractivity contribution in [1.82, 2.24) is 10.2 Å². The first kappa shape index (κ1) is 11.1. The molecule has 0 saturated carbocycles. The number of ether oxygens (including phenoxy) is 1. The number of benzene rings is 1. The summed E-state index contributed by atoms with van der Waals surface area (Å²) in [6, 6.07) is 5.56. The molecule has 0 bridgehead atoms. The van der Waals surface area contributed by atoms with E-state index in [0.29, 0.717) is 17.5 Å². The maximum Gasteiger partial charge on any atom is 0.251 e. The van der Waals surface area contributed by atoms with Crippen molar-refractivity contribution < 1.29 is 9.15 Å². The van der Waals surface area contributed by atoms with Gasteiger partial charge in [-0.2, -0.15) is 0 Å². The fourth-order valence-electron chi connectivity index (χ4n) is 1.29. The molecule has 6 heteroatoms. The first-order chi connectivity index (χ1) is 7.74. The molecule has 0 unspecified atom stereocenters. The fourth-order valence-corrected chi connectivity index (χ4v) is 1.65. The Morgan fingerprint density at radius 1 is 1.44 bits per heavy atom. The van der Waals surface area contributed by atoms with Gasteiger partial charge in [-0.15, -0.1) is 10.2 Å². The largest absolute Gasteiger partial charge is 0.496 e. The van der Waals surface area contributed by atoms with Crippen molar-refractivity contribution in [3.63, 3.8) is 0 Å². The Bertz CT molecular complexity index is 499. The van der Waals surface area contributed by atoms with E-state index in [1.807, 2.05) is 18.2 Å². The molecule has 0 aliphatic rings. The summed E-state index contributed by atoms with van der Waals surface area (Å²) >= 11 is 3.38. The van der Waals surface area contributed by atoms with Gasteiger partial charge in [0, 0.05) is 4.47 Å². The Morgan fingerprint density at radius 3 is 2.88 bits per heavy atom. The quantitative estimate of drug-likeness (QED) is 0.932. The summed E-state index contributed by atoms with van der Waals surface area (Å²) in [7, 11) is 1.59. The summed E-state index contributed by atoms with van der Waals surface area (Å²) in [4.78, 5) is 0. The van der Waals surface area contributed by atoms with Gasteiger partial charge in [0.25, 0.3) is 5.89 Å². The first-order valence-electron chi connectivity index (χ1n) is 4.61. The zero-order valence-electron chi connectivity index (χ0n) is 8.61. The number of hydrogen-bond acceptors (Lipinski definition) is 5. The van der Waals surface area contributed by atoms with Crippen molar-refractivity contribution in [1.29, 1.82) is 0 Å². The van der Waals surface area contributed by atoms with Crippen LogP contribution in [0.1, 0.15) is 5.89 Å². The zero-order valence-corrected chi connectivity index (χ0v) is 10.2. The average Bonchev–Trinajstić information content (AvgIpc) is 2.77. The number of aromatic nitrogens is 2. The van der Waals surface area contributed by atoms with Crippen LogP contribution in [0.15, 0.2) is 27.1 Å². The van der Waals surface area contributed by atoms with Gasteiger partial charge in [0.2, 0.25) is 5.89 Å². The van der Waals surface area contributed by atoms with E-state index in [-0.39, 0.29) is 6.54 Å². The molecule has 0 atom stereocenters. The van der Waals surface area contributed by atoms with Crippen molar-refractivity contribution >= 4 is 15.9 Å². The van der Waals surface area contributed by atoms with Crippen molar-refractivity contribution in [2.75, 3.05) is 7.11 Å². The molecule has 84 valence electrons. The minimum absolute atomic E-state index is 0.226. The lowest BCUT2D eigenvalue weighted by molar-refractivity contribution is 0.413. The number of nitrogens with two attached hydrogens (primary N) is 1. The van der Waals surface area contributed by atoms with Gasteiger partial charge in [-0.25, -0.2) is 0 Å². The number of hydrogen-bond donors (Lipinski definition) is 1. The lowest BCUT2D eigenvalue weighted by Crippen LogP contribution is -1.95. The molecule has 1 aromatic carbocycles. The molecular weight excluding hydrogens is 274 g/mol. The number of halogens is 1. The van der Waals surface area contributed by atoms with Crippen molar-refractivity contribution in [3.05, 3.63) is 28.6 Å². The molecule has 2 aromatic rings. The summed E-state index contributed by atoms with van der Waals surface area (Å²) in [5, 5.41) is 7.71. The first-order valence-corrected chi connectivity index (χ1v) is 5.40. The second-order valence-electron chi connectivity index (χ2n) is 3.05. The van der Waals surface area contributed by atoms with Crippen molar-refractivity contribution in [2.45, 2.75) is 6.54 Å². The molecular formula is C10H10BrN3O2. The van der Waals surface area contributed by atoms with E-state index in [9.17, 15) is 0 Å². The molecule has 0 radical (unpaired) electrons. The lowest BCUT2D eigenvalue weighted by atomic mass is 10.2. The third kappa shape index (κ3) is 2.07. The smallest absolute Gasteiger partial charge is 0.251 e. The summed E-state index contributed by atoms with van der Waals surface area (Å²) in [6.07, 6.45) is 0. The highest BCUT2D eigenvalue weighted by atomic mass is 79.9. The van der Waals surface area contributed by atoms with Crippen LogP contribution in [0.25, 0.3) is 11.5 Å². The molecule has 0 saturated heterocycles. The van der Waals surface area contributed by atoms with Gasteiger partial charge >= 0.3 is 0 Å². The van der Waals surface area contributed by atoms with E-state index in [2.05, 4.69) is 26.1 Å². The second kappa shape index (κ2) is 4.63. The summed E-state index contributed by atoms with van der Waals surface area (Å²) in [5.74, 6) is 1.48. The average molecular weight is 284 g/mol. The molecule has 0 amide bonds. The number of rotatable bonds is 3. The topological polar surface area (TPSA) is 74.2 Å². The zero-order chi connectivity index (χ0) is 11.5. The standard InChI is InChI=1S/C10H10BrN3O2/c1-15-8-3-2-6(11)4-7(8)10-14-13-9(5-12)16-10/h2-4H,5,12H2,1H3. The van der Waals surface area contributed by atoms with E-state index >= 15 is 0 Å². The molecule has 1 aromatic heterocycles. The molecule has 2 N–H and O–H groups in total. The van der Waals surface area contributed by atoms with Gasteiger partial charge in [-0.05, 0) is 18.2 Å². The molecule has 16 heavy (non-hydrogen) atoms. The number of nitrogens with zero attached hydrogens (tertiary/aromatic N) is 2. The monoisotopic (exact) mass is 283 g/mol. The van der Waals surface area contributed by atoms with Crippen LogP contribution in [0.4, 0.5) is 0 Å². The molecule has 0 aliphatic heterocycles. The maximum atomic E-state index is 5.40. The Balaban J connectivity index is 2.49. The predicted octanol–water partition coefficient (Wildman–Crippen LogP) is 1.97. The SMILES string of the molecule is COc1ccc(Br)cc1-c1nnc(CN)o1. The van der Waals surface area contributed by atoms with E-state index in [4.69, 9.17) is 14.9 Å². The fraction of sp³-hybridized carbons (Fsp3) is 0.200. The van der Waals surface area contributed by atoms with Crippen molar-refractivity contribution in [3.8, 4) is 17.2 Å². The Hall–Kier alpha value is -1.40. The lowest BCUT2D eigenvalue weighted by Gasteiger charge is -2.04. The van der Waals surface area contributed by atoms with Gasteiger partial charge < -0.3 is 14.9 Å². The van der Waals surface area contributed by atoms with Gasteiger partial charge in [0.1, 0.15) is 5.75 Å². The molecule has 0 spiro atoms. The number of methoxy groups -OCH3 is 1. The van der Waals surface area contributed by atoms with E-state index in [1.54, 1.807) is 7.11 Å². The Labute approximate surface area is 101 Å². The summed E-state index contributed by atoms with van der Waals surface area (Å²) in [6.45, 7) is 0.226. The van der Waals surface area contributed by atoms with Crippen LogP contribution in [-0.4, -0.2) is 17.3 Å². The van der Waals surface area contributed by atoms with Crippen LogP contribution in [0.2, 0.25) is 0 Å². The molecule has 0 fully saturated rings. The summed E-state index contributed by atoms with van der Waals surface area (Å²) in [5.41, 5.74) is 6.14. The highest BCUT2D eigenvalue weighted by molar-refractivity contribution is 9.10. The van der Waals surface area contributed by atoms with Gasteiger partial charge in [-0.1, -0.05) is 15.9 Å². The van der Waals surface area contributed by atoms with Crippen LogP contribution in [0.3, 0.4) is 0 Å². The van der Waals surface area contributed by atoms with Crippen LogP contribution < -0.4 is 10.5 Å². The highest BCUT2D eigenvalue weighted by Gasteiger charge is 2.13. The molecule has 5 nitrogen and oxygen atoms in total.